The molecule has 0 saturated heterocycles. The maximum Gasteiger partial charge on any atom is 0.214 e. The maximum absolute atomic E-state index is 2.54. The molecule has 1 aromatic heterocycles. The van der Waals surface area contributed by atoms with Crippen molar-refractivity contribution in [2.75, 3.05) is 0 Å². The number of hydrogen-bond acceptors (Lipinski definition) is 0. The van der Waals surface area contributed by atoms with Crippen LogP contribution < -0.4 is 9.75 Å². The largest absolute Gasteiger partial charge is 0.214 e. The highest BCUT2D eigenvalue weighted by Crippen LogP contribution is 2.39. The zero-order chi connectivity index (χ0) is 19.0. The Morgan fingerprint density at radius 1 is 0.786 bits per heavy atom. The zero-order valence-electron chi connectivity index (χ0n) is 16.7. The SMILES string of the molecule is C[Si](C)(C)c1c2c(cc3ccccc13)Cc1c-2ccc2[n+]1-c1ccccc1C2. The van der Waals surface area contributed by atoms with E-state index >= 15 is 0 Å². The van der Waals surface area contributed by atoms with Gasteiger partial charge in [-0.2, -0.15) is 4.57 Å². The van der Waals surface area contributed by atoms with Gasteiger partial charge in [-0.25, -0.2) is 0 Å². The van der Waals surface area contributed by atoms with Crippen LogP contribution in [0.4, 0.5) is 0 Å². The fourth-order valence-electron chi connectivity index (χ4n) is 5.37. The summed E-state index contributed by atoms with van der Waals surface area (Å²) in [4.78, 5) is 0. The molecular formula is C26H24NSi+. The molecule has 1 aliphatic heterocycles. The van der Waals surface area contributed by atoms with Gasteiger partial charge in [0, 0.05) is 17.7 Å². The van der Waals surface area contributed by atoms with E-state index < -0.39 is 8.07 Å². The van der Waals surface area contributed by atoms with Crippen LogP contribution in [0.5, 0.6) is 0 Å². The Kier molecular flexibility index (Phi) is 3.15. The summed E-state index contributed by atoms with van der Waals surface area (Å²) in [6.07, 6.45) is 2.08. The zero-order valence-corrected chi connectivity index (χ0v) is 17.7. The molecule has 1 aliphatic carbocycles. The van der Waals surface area contributed by atoms with Crippen LogP contribution in [-0.4, -0.2) is 8.07 Å². The smallest absolute Gasteiger partial charge is 0.160 e. The molecular weight excluding hydrogens is 354 g/mol. The van der Waals surface area contributed by atoms with Gasteiger partial charge in [-0.15, -0.1) is 0 Å². The fraction of sp³-hybridized carbons (Fsp3) is 0.192. The van der Waals surface area contributed by atoms with Gasteiger partial charge in [0.05, 0.1) is 26.5 Å². The van der Waals surface area contributed by atoms with E-state index in [1.807, 2.05) is 0 Å². The van der Waals surface area contributed by atoms with Gasteiger partial charge in [-0.1, -0.05) is 62.1 Å². The number of benzene rings is 3. The normalized spacial score (nSPS) is 14.0. The van der Waals surface area contributed by atoms with Crippen molar-refractivity contribution < 1.29 is 4.57 Å². The third-order valence-electron chi connectivity index (χ3n) is 6.42. The van der Waals surface area contributed by atoms with Crippen molar-refractivity contribution in [1.29, 1.82) is 0 Å². The van der Waals surface area contributed by atoms with E-state index in [2.05, 4.69) is 90.9 Å². The molecule has 0 spiro atoms. The van der Waals surface area contributed by atoms with Crippen molar-refractivity contribution in [1.82, 2.24) is 0 Å². The number of rotatable bonds is 1. The third kappa shape index (κ3) is 2.10. The number of hydrogen-bond donors (Lipinski definition) is 0. The second-order valence-electron chi connectivity index (χ2n) is 9.26. The van der Waals surface area contributed by atoms with E-state index in [0.29, 0.717) is 0 Å². The molecule has 0 radical (unpaired) electrons. The van der Waals surface area contributed by atoms with Crippen LogP contribution in [0.2, 0.25) is 19.6 Å². The Hall–Kier alpha value is -2.71. The molecule has 4 aromatic rings. The van der Waals surface area contributed by atoms with Gasteiger partial charge in [0.1, 0.15) is 0 Å². The molecule has 0 amide bonds. The molecule has 6 rings (SSSR count). The molecule has 0 unspecified atom stereocenters. The molecule has 0 fully saturated rings. The topological polar surface area (TPSA) is 3.88 Å². The second kappa shape index (κ2) is 5.42. The van der Waals surface area contributed by atoms with Crippen LogP contribution in [0, 0.1) is 0 Å². The van der Waals surface area contributed by atoms with Crippen LogP contribution >= 0.6 is 0 Å². The van der Waals surface area contributed by atoms with E-state index in [1.165, 1.54) is 50.1 Å². The first-order valence-corrected chi connectivity index (χ1v) is 13.7. The van der Waals surface area contributed by atoms with Crippen LogP contribution in [0.25, 0.3) is 27.6 Å². The Labute approximate surface area is 167 Å². The number of fused-ring (bicyclic) bond motifs is 8. The molecule has 0 bridgehead atoms. The second-order valence-corrected chi connectivity index (χ2v) is 14.3. The van der Waals surface area contributed by atoms with Gasteiger partial charge < -0.3 is 0 Å². The number of para-hydroxylation sites is 1. The summed E-state index contributed by atoms with van der Waals surface area (Å²) < 4.78 is 2.54. The van der Waals surface area contributed by atoms with Crippen molar-refractivity contribution >= 4 is 24.0 Å². The fourth-order valence-corrected chi connectivity index (χ4v) is 7.45. The predicted octanol–water partition coefficient (Wildman–Crippen LogP) is 5.14. The van der Waals surface area contributed by atoms with Crippen molar-refractivity contribution in [3.8, 4) is 16.8 Å². The van der Waals surface area contributed by atoms with Crippen LogP contribution in [-0.2, 0) is 12.8 Å². The van der Waals surface area contributed by atoms with Crippen molar-refractivity contribution in [3.63, 3.8) is 0 Å². The van der Waals surface area contributed by atoms with E-state index in [0.717, 1.165) is 12.8 Å². The van der Waals surface area contributed by atoms with Gasteiger partial charge >= 0.3 is 0 Å². The quantitative estimate of drug-likeness (QED) is 0.276. The molecule has 0 atom stereocenters. The van der Waals surface area contributed by atoms with E-state index in [4.69, 9.17) is 0 Å². The van der Waals surface area contributed by atoms with Crippen LogP contribution in [0.15, 0.2) is 66.7 Å². The number of nitrogens with zero attached hydrogens (tertiary/aromatic N) is 1. The third-order valence-corrected chi connectivity index (χ3v) is 8.44. The highest BCUT2D eigenvalue weighted by atomic mass is 28.3. The Morgan fingerprint density at radius 3 is 2.43 bits per heavy atom. The molecule has 3 aromatic carbocycles. The van der Waals surface area contributed by atoms with Crippen molar-refractivity contribution in [2.24, 2.45) is 0 Å². The molecule has 28 heavy (non-hydrogen) atoms. The summed E-state index contributed by atoms with van der Waals surface area (Å²) in [5.74, 6) is 0. The van der Waals surface area contributed by atoms with Crippen LogP contribution in [0.3, 0.4) is 0 Å². The van der Waals surface area contributed by atoms with E-state index in [-0.39, 0.29) is 0 Å². The highest BCUT2D eigenvalue weighted by molar-refractivity contribution is 6.91. The Balaban J connectivity index is 1.71. The Morgan fingerprint density at radius 2 is 1.57 bits per heavy atom. The van der Waals surface area contributed by atoms with E-state index in [1.54, 1.807) is 5.19 Å². The van der Waals surface area contributed by atoms with E-state index in [9.17, 15) is 0 Å². The average Bonchev–Trinajstić information content (AvgIpc) is 3.22. The monoisotopic (exact) mass is 378 g/mol. The van der Waals surface area contributed by atoms with Gasteiger partial charge in [0.15, 0.2) is 11.4 Å². The first kappa shape index (κ1) is 16.3. The van der Waals surface area contributed by atoms with Gasteiger partial charge in [0.2, 0.25) is 5.69 Å². The predicted molar refractivity (Wildman–Crippen MR) is 120 cm³/mol. The summed E-state index contributed by atoms with van der Waals surface area (Å²) in [6, 6.07) is 25.1. The first-order chi connectivity index (χ1) is 13.5. The minimum Gasteiger partial charge on any atom is -0.160 e. The lowest BCUT2D eigenvalue weighted by Gasteiger charge is -2.23. The van der Waals surface area contributed by atoms with Gasteiger partial charge in [-0.3, -0.25) is 0 Å². The van der Waals surface area contributed by atoms with Crippen molar-refractivity contribution in [2.45, 2.75) is 32.5 Å². The minimum atomic E-state index is -1.53. The molecule has 2 heteroatoms. The van der Waals surface area contributed by atoms with Gasteiger partial charge in [0.25, 0.3) is 0 Å². The standard InChI is InChI=1S/C26H24NSi/c1-28(2,3)26-21-10-6-4-8-17(21)14-19-16-24-22(25(19)26)13-12-20-15-18-9-5-7-11-23(18)27(20)24/h4-14H,15-16H2,1-3H3/q+1. The highest BCUT2D eigenvalue weighted by Gasteiger charge is 2.38. The van der Waals surface area contributed by atoms with Crippen LogP contribution in [0.1, 0.15) is 22.5 Å². The number of pyridine rings is 1. The summed E-state index contributed by atoms with van der Waals surface area (Å²) in [7, 11) is -1.53. The molecule has 0 saturated carbocycles. The molecule has 0 N–H and O–H groups in total. The summed E-state index contributed by atoms with van der Waals surface area (Å²) in [6.45, 7) is 7.47. The molecule has 1 nitrogen and oxygen atoms in total. The molecule has 136 valence electrons. The first-order valence-electron chi connectivity index (χ1n) is 10.2. The Bertz CT molecular complexity index is 1290. The molecule has 2 heterocycles. The number of aromatic nitrogens is 1. The van der Waals surface area contributed by atoms with Gasteiger partial charge in [-0.05, 0) is 39.2 Å². The van der Waals surface area contributed by atoms with Crippen molar-refractivity contribution in [3.05, 3.63) is 89.2 Å². The summed E-state index contributed by atoms with van der Waals surface area (Å²) >= 11 is 0. The lowest BCUT2D eigenvalue weighted by Crippen LogP contribution is -2.40. The maximum atomic E-state index is 2.54. The average molecular weight is 379 g/mol. The summed E-state index contributed by atoms with van der Waals surface area (Å²) in [5.41, 5.74) is 10.2. The lowest BCUT2D eigenvalue weighted by atomic mass is 10.0. The summed E-state index contributed by atoms with van der Waals surface area (Å²) in [5, 5.41) is 4.49. The molecule has 2 aliphatic rings. The minimum absolute atomic E-state index is 1.04. The lowest BCUT2D eigenvalue weighted by molar-refractivity contribution is -0.604.